The number of amides is 2. The monoisotopic (exact) mass is 353 g/mol. The van der Waals surface area contributed by atoms with Gasteiger partial charge in [-0.1, -0.05) is 18.2 Å². The average molecular weight is 353 g/mol. The van der Waals surface area contributed by atoms with Crippen molar-refractivity contribution in [3.05, 3.63) is 54.0 Å². The fraction of sp³-hybridized carbons (Fsp3) is 0.316. The van der Waals surface area contributed by atoms with E-state index in [1.807, 2.05) is 43.7 Å². The molecule has 26 heavy (non-hydrogen) atoms. The van der Waals surface area contributed by atoms with Crippen molar-refractivity contribution in [2.45, 2.75) is 25.9 Å². The highest BCUT2D eigenvalue weighted by molar-refractivity contribution is 5.89. The van der Waals surface area contributed by atoms with Crippen LogP contribution in [0.25, 0.3) is 10.9 Å². The largest absolute Gasteiger partial charge is 0.361 e. The lowest BCUT2D eigenvalue weighted by Crippen LogP contribution is -2.47. The van der Waals surface area contributed by atoms with Crippen LogP contribution in [0.15, 0.2) is 42.9 Å². The van der Waals surface area contributed by atoms with Crippen LogP contribution in [0.5, 0.6) is 0 Å². The van der Waals surface area contributed by atoms with Gasteiger partial charge in [0.25, 0.3) is 0 Å². The molecule has 2 aromatic heterocycles. The average Bonchev–Trinajstić information content (AvgIpc) is 3.19. The van der Waals surface area contributed by atoms with Crippen molar-refractivity contribution in [2.24, 2.45) is 7.05 Å². The second-order valence-electron chi connectivity index (χ2n) is 6.53. The van der Waals surface area contributed by atoms with Gasteiger partial charge in [-0.15, -0.1) is 0 Å². The molecule has 7 nitrogen and oxygen atoms in total. The Bertz CT molecular complexity index is 927. The van der Waals surface area contributed by atoms with Crippen LogP contribution >= 0.6 is 0 Å². The molecule has 0 aliphatic heterocycles. The predicted octanol–water partition coefficient (Wildman–Crippen LogP) is 1.61. The van der Waals surface area contributed by atoms with Crippen molar-refractivity contribution >= 4 is 22.7 Å². The summed E-state index contributed by atoms with van der Waals surface area (Å²) in [7, 11) is 3.57. The summed E-state index contributed by atoms with van der Waals surface area (Å²) in [6.45, 7) is 1.87. The summed E-state index contributed by atoms with van der Waals surface area (Å²) in [4.78, 5) is 29.4. The van der Waals surface area contributed by atoms with E-state index in [1.54, 1.807) is 22.8 Å². The third kappa shape index (κ3) is 3.93. The first-order chi connectivity index (χ1) is 12.4. The van der Waals surface area contributed by atoms with Gasteiger partial charge in [-0.05, 0) is 11.6 Å². The lowest BCUT2D eigenvalue weighted by molar-refractivity contribution is -0.135. The summed E-state index contributed by atoms with van der Waals surface area (Å²) in [6, 6.07) is 7.30. The third-order valence-corrected chi connectivity index (χ3v) is 4.33. The van der Waals surface area contributed by atoms with Crippen molar-refractivity contribution in [3.63, 3.8) is 0 Å². The minimum absolute atomic E-state index is 0.130. The van der Waals surface area contributed by atoms with Crippen LogP contribution in [-0.2, 0) is 29.6 Å². The van der Waals surface area contributed by atoms with E-state index in [4.69, 9.17) is 0 Å². The minimum atomic E-state index is -0.617. The number of benzene rings is 1. The van der Waals surface area contributed by atoms with Crippen LogP contribution in [0.4, 0.5) is 0 Å². The number of hydrogen-bond acceptors (Lipinski definition) is 3. The lowest BCUT2D eigenvalue weighted by Gasteiger charge is -2.24. The van der Waals surface area contributed by atoms with E-state index in [1.165, 1.54) is 6.92 Å². The standard InChI is InChI=1S/C19H23N5O2/c1-13(25)22-18(8-15-10-20-17-7-5-4-6-16(15)17)19(26)23(2)11-14-9-21-24(3)12-14/h4-7,9-10,12,18,20H,8,11H2,1-3H3,(H,22,25)/t18-/m0/s1. The molecule has 7 heteroatoms. The number of carbonyl (C=O) groups excluding carboxylic acids is 2. The Hall–Kier alpha value is -3.09. The zero-order valence-corrected chi connectivity index (χ0v) is 15.2. The Morgan fingerprint density at radius 2 is 2.12 bits per heavy atom. The molecule has 0 fully saturated rings. The van der Waals surface area contributed by atoms with Gasteiger partial charge in [0.2, 0.25) is 11.8 Å². The first-order valence-corrected chi connectivity index (χ1v) is 8.48. The third-order valence-electron chi connectivity index (χ3n) is 4.33. The number of aryl methyl sites for hydroxylation is 1. The topological polar surface area (TPSA) is 83.0 Å². The van der Waals surface area contributed by atoms with Crippen LogP contribution in [0.3, 0.4) is 0 Å². The SMILES string of the molecule is CC(=O)N[C@@H](Cc1c[nH]c2ccccc12)C(=O)N(C)Cc1cnn(C)c1. The van der Waals surface area contributed by atoms with Crippen LogP contribution in [0.2, 0.25) is 0 Å². The van der Waals surface area contributed by atoms with Gasteiger partial charge in [0.15, 0.2) is 0 Å². The summed E-state index contributed by atoms with van der Waals surface area (Å²) in [6.07, 6.45) is 5.93. The summed E-state index contributed by atoms with van der Waals surface area (Å²) < 4.78 is 1.70. The number of fused-ring (bicyclic) bond motifs is 1. The number of aromatic amines is 1. The number of likely N-dealkylation sites (N-methyl/N-ethyl adjacent to an activating group) is 1. The maximum atomic E-state index is 12.9. The summed E-state index contributed by atoms with van der Waals surface area (Å²) in [5, 5.41) is 7.97. The number of hydrogen-bond donors (Lipinski definition) is 2. The van der Waals surface area contributed by atoms with Crippen molar-refractivity contribution in [3.8, 4) is 0 Å². The maximum absolute atomic E-state index is 12.9. The van der Waals surface area contributed by atoms with Crippen LogP contribution in [-0.4, -0.2) is 44.6 Å². The van der Waals surface area contributed by atoms with Crippen LogP contribution < -0.4 is 5.32 Å². The Balaban J connectivity index is 1.78. The van der Waals surface area contributed by atoms with Gasteiger partial charge in [-0.25, -0.2) is 0 Å². The van der Waals surface area contributed by atoms with E-state index < -0.39 is 6.04 Å². The highest BCUT2D eigenvalue weighted by Gasteiger charge is 2.24. The number of rotatable bonds is 6. The molecule has 0 saturated heterocycles. The van der Waals surface area contributed by atoms with E-state index in [2.05, 4.69) is 15.4 Å². The fourth-order valence-electron chi connectivity index (χ4n) is 3.14. The Morgan fingerprint density at radius 3 is 2.81 bits per heavy atom. The van der Waals surface area contributed by atoms with E-state index in [0.29, 0.717) is 13.0 Å². The van der Waals surface area contributed by atoms with Crippen LogP contribution in [0.1, 0.15) is 18.1 Å². The molecule has 0 spiro atoms. The molecule has 1 aromatic carbocycles. The normalized spacial score (nSPS) is 12.1. The first kappa shape index (κ1) is 17.7. The second kappa shape index (κ2) is 7.43. The number of carbonyl (C=O) groups is 2. The maximum Gasteiger partial charge on any atom is 0.245 e. The van der Waals surface area contributed by atoms with Gasteiger partial charge in [-0.2, -0.15) is 5.10 Å². The molecule has 3 aromatic rings. The first-order valence-electron chi connectivity index (χ1n) is 8.48. The van der Waals surface area contributed by atoms with E-state index in [-0.39, 0.29) is 11.8 Å². The quantitative estimate of drug-likeness (QED) is 0.706. The lowest BCUT2D eigenvalue weighted by atomic mass is 10.0. The molecule has 0 bridgehead atoms. The van der Waals surface area contributed by atoms with Crippen molar-refractivity contribution < 1.29 is 9.59 Å². The van der Waals surface area contributed by atoms with Gasteiger partial charge < -0.3 is 15.2 Å². The molecule has 2 amide bonds. The molecule has 2 N–H and O–H groups in total. The zero-order valence-electron chi connectivity index (χ0n) is 15.2. The summed E-state index contributed by atoms with van der Waals surface area (Å²) in [5.74, 6) is -0.354. The van der Waals surface area contributed by atoms with Gasteiger partial charge >= 0.3 is 0 Å². The summed E-state index contributed by atoms with van der Waals surface area (Å²) in [5.41, 5.74) is 2.96. The number of para-hydroxylation sites is 1. The Morgan fingerprint density at radius 1 is 1.35 bits per heavy atom. The van der Waals surface area contributed by atoms with Gasteiger partial charge in [0.05, 0.1) is 6.20 Å². The Labute approximate surface area is 152 Å². The molecule has 2 heterocycles. The Kier molecular flexibility index (Phi) is 5.06. The zero-order chi connectivity index (χ0) is 18.7. The van der Waals surface area contributed by atoms with Gasteiger partial charge in [0.1, 0.15) is 6.04 Å². The number of aromatic nitrogens is 3. The number of nitrogens with zero attached hydrogens (tertiary/aromatic N) is 3. The van der Waals surface area contributed by atoms with Crippen molar-refractivity contribution in [1.29, 1.82) is 0 Å². The molecular weight excluding hydrogens is 330 g/mol. The van der Waals surface area contributed by atoms with Gasteiger partial charge in [0, 0.05) is 62.8 Å². The van der Waals surface area contributed by atoms with Gasteiger partial charge in [-0.3, -0.25) is 14.3 Å². The van der Waals surface area contributed by atoms with Crippen molar-refractivity contribution in [1.82, 2.24) is 25.0 Å². The fourth-order valence-corrected chi connectivity index (χ4v) is 3.14. The molecule has 3 rings (SSSR count). The van der Waals surface area contributed by atoms with E-state index >= 15 is 0 Å². The van der Waals surface area contributed by atoms with E-state index in [0.717, 1.165) is 22.0 Å². The van der Waals surface area contributed by atoms with E-state index in [9.17, 15) is 9.59 Å². The molecule has 0 saturated carbocycles. The highest BCUT2D eigenvalue weighted by Crippen LogP contribution is 2.19. The highest BCUT2D eigenvalue weighted by atomic mass is 16.2. The molecule has 0 aliphatic carbocycles. The minimum Gasteiger partial charge on any atom is -0.361 e. The predicted molar refractivity (Wildman–Crippen MR) is 99.3 cm³/mol. The molecule has 0 aliphatic rings. The molecule has 0 radical (unpaired) electrons. The number of H-pyrrole nitrogens is 1. The van der Waals surface area contributed by atoms with Crippen LogP contribution in [0, 0.1) is 0 Å². The molecule has 136 valence electrons. The van der Waals surface area contributed by atoms with Crippen molar-refractivity contribution in [2.75, 3.05) is 7.05 Å². The second-order valence-corrected chi connectivity index (χ2v) is 6.53. The summed E-state index contributed by atoms with van der Waals surface area (Å²) >= 11 is 0. The molecule has 0 unspecified atom stereocenters. The molecule has 1 atom stereocenters. The molecular formula is C19H23N5O2. The number of nitrogens with one attached hydrogen (secondary N) is 2. The smallest absolute Gasteiger partial charge is 0.245 e.